The maximum Gasteiger partial charge on any atom is 0.356 e. The van der Waals surface area contributed by atoms with Crippen molar-refractivity contribution in [2.45, 2.75) is 6.54 Å². The fourth-order valence-corrected chi connectivity index (χ4v) is 2.48. The van der Waals surface area contributed by atoms with Crippen molar-refractivity contribution >= 4 is 28.3 Å². The lowest BCUT2D eigenvalue weighted by atomic mass is 10.2. The Hall–Kier alpha value is -3.55. The number of pyridine rings is 2. The normalized spacial score (nSPS) is 11.0. The molecule has 4 rings (SSSR count). The molecule has 24 heavy (non-hydrogen) atoms. The van der Waals surface area contributed by atoms with E-state index in [1.54, 1.807) is 30.9 Å². The molecule has 2 N–H and O–H groups in total. The van der Waals surface area contributed by atoms with Crippen LogP contribution in [0.4, 0.5) is 5.95 Å². The molecular weight excluding hydrogens is 308 g/mol. The van der Waals surface area contributed by atoms with Crippen LogP contribution in [0.25, 0.3) is 16.4 Å². The number of aromatic nitrogens is 5. The molecule has 0 aliphatic rings. The molecule has 8 nitrogen and oxygen atoms in total. The van der Waals surface area contributed by atoms with Crippen LogP contribution >= 0.6 is 0 Å². The molecule has 0 spiro atoms. The number of fused-ring (bicyclic) bond motifs is 3. The van der Waals surface area contributed by atoms with Crippen LogP contribution in [-0.4, -0.2) is 35.6 Å². The Bertz CT molecular complexity index is 1040. The highest BCUT2D eigenvalue weighted by atomic mass is 16.4. The molecular formula is C16H12N6O2. The largest absolute Gasteiger partial charge is 0.476 e. The van der Waals surface area contributed by atoms with E-state index in [0.717, 1.165) is 10.9 Å². The van der Waals surface area contributed by atoms with Crippen LogP contribution in [0, 0.1) is 0 Å². The number of rotatable bonds is 4. The average Bonchev–Trinajstić information content (AvgIpc) is 3.07. The zero-order valence-corrected chi connectivity index (χ0v) is 12.4. The number of carboxylic acid groups (broad SMARTS) is 1. The van der Waals surface area contributed by atoms with Gasteiger partial charge in [-0.05, 0) is 23.8 Å². The molecule has 0 aromatic carbocycles. The van der Waals surface area contributed by atoms with Gasteiger partial charge in [0.25, 0.3) is 0 Å². The van der Waals surface area contributed by atoms with Gasteiger partial charge in [-0.3, -0.25) is 9.97 Å². The maximum atomic E-state index is 11.3. The van der Waals surface area contributed by atoms with E-state index in [0.29, 0.717) is 23.5 Å². The highest BCUT2D eigenvalue weighted by molar-refractivity contribution is 5.97. The minimum Gasteiger partial charge on any atom is -0.476 e. The van der Waals surface area contributed by atoms with Crippen LogP contribution in [0.3, 0.4) is 0 Å². The molecule has 118 valence electrons. The lowest BCUT2D eigenvalue weighted by Crippen LogP contribution is -2.08. The summed E-state index contributed by atoms with van der Waals surface area (Å²) < 4.78 is 1.49. The van der Waals surface area contributed by atoms with E-state index >= 15 is 0 Å². The van der Waals surface area contributed by atoms with E-state index in [9.17, 15) is 9.90 Å². The minimum atomic E-state index is -1.09. The van der Waals surface area contributed by atoms with Gasteiger partial charge in [0.05, 0.1) is 11.0 Å². The third-order valence-electron chi connectivity index (χ3n) is 3.60. The summed E-state index contributed by atoms with van der Waals surface area (Å²) >= 11 is 0. The van der Waals surface area contributed by atoms with E-state index in [1.807, 2.05) is 12.1 Å². The monoisotopic (exact) mass is 320 g/mol. The summed E-state index contributed by atoms with van der Waals surface area (Å²) in [5.41, 5.74) is 2.28. The van der Waals surface area contributed by atoms with Crippen molar-refractivity contribution in [1.29, 1.82) is 0 Å². The zero-order chi connectivity index (χ0) is 16.5. The SMILES string of the molecule is O=C(O)c1cc2c3cnccc3nc(NCc3cccnc3)n2n1. The van der Waals surface area contributed by atoms with Gasteiger partial charge < -0.3 is 10.4 Å². The summed E-state index contributed by atoms with van der Waals surface area (Å²) in [7, 11) is 0. The van der Waals surface area contributed by atoms with Crippen molar-refractivity contribution in [2.75, 3.05) is 5.32 Å². The van der Waals surface area contributed by atoms with Gasteiger partial charge in [-0.1, -0.05) is 6.07 Å². The van der Waals surface area contributed by atoms with Crippen LogP contribution in [0.5, 0.6) is 0 Å². The molecule has 0 radical (unpaired) electrons. The molecule has 0 aliphatic heterocycles. The molecule has 4 heterocycles. The number of carbonyl (C=O) groups is 1. The molecule has 0 bridgehead atoms. The highest BCUT2D eigenvalue weighted by Gasteiger charge is 2.15. The molecule has 0 aliphatic carbocycles. The first-order valence-corrected chi connectivity index (χ1v) is 7.22. The zero-order valence-electron chi connectivity index (χ0n) is 12.4. The van der Waals surface area contributed by atoms with Crippen molar-refractivity contribution in [2.24, 2.45) is 0 Å². The number of nitrogens with one attached hydrogen (secondary N) is 1. The highest BCUT2D eigenvalue weighted by Crippen LogP contribution is 2.22. The van der Waals surface area contributed by atoms with Crippen LogP contribution < -0.4 is 5.32 Å². The quantitative estimate of drug-likeness (QED) is 0.592. The van der Waals surface area contributed by atoms with Gasteiger partial charge in [0.2, 0.25) is 5.95 Å². The lowest BCUT2D eigenvalue weighted by molar-refractivity contribution is 0.0690. The van der Waals surface area contributed by atoms with E-state index in [1.165, 1.54) is 10.6 Å². The first-order valence-electron chi connectivity index (χ1n) is 7.22. The topological polar surface area (TPSA) is 105 Å². The van der Waals surface area contributed by atoms with Crippen LogP contribution in [0.2, 0.25) is 0 Å². The second-order valence-electron chi connectivity index (χ2n) is 5.17. The van der Waals surface area contributed by atoms with Crippen molar-refractivity contribution in [3.05, 3.63) is 60.3 Å². The summed E-state index contributed by atoms with van der Waals surface area (Å²) in [5.74, 6) is -0.631. The van der Waals surface area contributed by atoms with Crippen molar-refractivity contribution in [1.82, 2.24) is 24.6 Å². The van der Waals surface area contributed by atoms with E-state index in [4.69, 9.17) is 0 Å². The summed E-state index contributed by atoms with van der Waals surface area (Å²) in [5, 5.41) is 17.3. The van der Waals surface area contributed by atoms with Crippen molar-refractivity contribution < 1.29 is 9.90 Å². The molecule has 0 atom stereocenters. The third-order valence-corrected chi connectivity index (χ3v) is 3.60. The predicted molar refractivity (Wildman–Crippen MR) is 86.8 cm³/mol. The molecule has 4 aromatic rings. The predicted octanol–water partition coefficient (Wildman–Crippen LogP) is 1.98. The molecule has 0 amide bonds. The Kier molecular flexibility index (Phi) is 3.27. The summed E-state index contributed by atoms with van der Waals surface area (Å²) in [6, 6.07) is 7.08. The van der Waals surface area contributed by atoms with Crippen LogP contribution in [-0.2, 0) is 6.54 Å². The number of nitrogens with zero attached hydrogens (tertiary/aromatic N) is 5. The fourth-order valence-electron chi connectivity index (χ4n) is 2.48. The Morgan fingerprint density at radius 1 is 1.21 bits per heavy atom. The summed E-state index contributed by atoms with van der Waals surface area (Å²) in [4.78, 5) is 23.9. The van der Waals surface area contributed by atoms with Crippen LogP contribution in [0.1, 0.15) is 16.1 Å². The van der Waals surface area contributed by atoms with Gasteiger partial charge in [-0.15, -0.1) is 0 Å². The van der Waals surface area contributed by atoms with Gasteiger partial charge in [0.1, 0.15) is 0 Å². The van der Waals surface area contributed by atoms with E-state index in [2.05, 4.69) is 25.4 Å². The second-order valence-corrected chi connectivity index (χ2v) is 5.17. The van der Waals surface area contributed by atoms with E-state index in [-0.39, 0.29) is 5.69 Å². The molecule has 0 saturated carbocycles. The number of hydrogen-bond donors (Lipinski definition) is 2. The maximum absolute atomic E-state index is 11.3. The lowest BCUT2D eigenvalue weighted by Gasteiger charge is -2.09. The Labute approximate surface area is 135 Å². The van der Waals surface area contributed by atoms with Gasteiger partial charge >= 0.3 is 5.97 Å². The Morgan fingerprint density at radius 2 is 2.08 bits per heavy atom. The fraction of sp³-hybridized carbons (Fsp3) is 0.0625. The molecule has 0 unspecified atom stereocenters. The molecule has 0 fully saturated rings. The smallest absolute Gasteiger partial charge is 0.356 e. The minimum absolute atomic E-state index is 0.0439. The van der Waals surface area contributed by atoms with Gasteiger partial charge in [0, 0.05) is 36.7 Å². The standard InChI is InChI=1S/C16H12N6O2/c23-15(24)13-6-14-11-9-18-5-3-12(11)20-16(22(14)21-13)19-8-10-2-1-4-17-7-10/h1-7,9H,8H2,(H,19,20)(H,23,24). The molecule has 8 heteroatoms. The number of hydrogen-bond acceptors (Lipinski definition) is 6. The first-order chi connectivity index (χ1) is 11.7. The number of anilines is 1. The third kappa shape index (κ3) is 2.39. The first kappa shape index (κ1) is 14.1. The van der Waals surface area contributed by atoms with Crippen molar-refractivity contribution in [3.63, 3.8) is 0 Å². The molecule has 4 aromatic heterocycles. The van der Waals surface area contributed by atoms with Crippen LogP contribution in [0.15, 0.2) is 49.1 Å². The van der Waals surface area contributed by atoms with Gasteiger partial charge in [-0.2, -0.15) is 9.61 Å². The summed E-state index contributed by atoms with van der Waals surface area (Å²) in [6.07, 6.45) is 6.75. The Morgan fingerprint density at radius 3 is 2.88 bits per heavy atom. The van der Waals surface area contributed by atoms with E-state index < -0.39 is 5.97 Å². The van der Waals surface area contributed by atoms with Gasteiger partial charge in [0.15, 0.2) is 5.69 Å². The summed E-state index contributed by atoms with van der Waals surface area (Å²) in [6.45, 7) is 0.495. The second kappa shape index (κ2) is 5.58. The number of aromatic carboxylic acids is 1. The van der Waals surface area contributed by atoms with Gasteiger partial charge in [-0.25, -0.2) is 9.78 Å². The average molecular weight is 320 g/mol. The Balaban J connectivity index is 1.84. The number of carboxylic acids is 1. The molecule has 0 saturated heterocycles. The van der Waals surface area contributed by atoms with Crippen molar-refractivity contribution in [3.8, 4) is 0 Å².